The van der Waals surface area contributed by atoms with Gasteiger partial charge in [0, 0.05) is 17.6 Å². The van der Waals surface area contributed by atoms with Gasteiger partial charge < -0.3 is 11.1 Å². The van der Waals surface area contributed by atoms with Crippen LogP contribution in [0.4, 0.5) is 0 Å². The molecule has 4 nitrogen and oxygen atoms in total. The van der Waals surface area contributed by atoms with E-state index in [9.17, 15) is 4.79 Å². The van der Waals surface area contributed by atoms with Gasteiger partial charge in [-0.3, -0.25) is 4.79 Å². The fourth-order valence-electron chi connectivity index (χ4n) is 4.37. The van der Waals surface area contributed by atoms with Gasteiger partial charge in [0.2, 0.25) is 0 Å². The second-order valence-electron chi connectivity index (χ2n) is 9.58. The highest BCUT2D eigenvalue weighted by molar-refractivity contribution is 7.20. The predicted octanol–water partition coefficient (Wildman–Crippen LogP) is 5.19. The number of carbonyl (C=O) groups is 1. The third-order valence-corrected chi connectivity index (χ3v) is 7.35. The first-order chi connectivity index (χ1) is 14.2. The smallest absolute Gasteiger partial charge is 0.261 e. The van der Waals surface area contributed by atoms with Gasteiger partial charge >= 0.3 is 0 Å². The van der Waals surface area contributed by atoms with Gasteiger partial charge in [-0.05, 0) is 60.8 Å². The number of hydrogen-bond donors (Lipinski definition) is 2. The molecule has 0 aliphatic heterocycles. The van der Waals surface area contributed by atoms with Crippen LogP contribution in [0, 0.1) is 18.3 Å². The second kappa shape index (κ2) is 8.12. The Balaban J connectivity index is 1.57. The minimum absolute atomic E-state index is 0.0829. The van der Waals surface area contributed by atoms with Crippen molar-refractivity contribution in [2.45, 2.75) is 53.0 Å². The van der Waals surface area contributed by atoms with Gasteiger partial charge in [-0.15, -0.1) is 11.3 Å². The molecule has 0 bridgehead atoms. The molecule has 0 saturated carbocycles. The van der Waals surface area contributed by atoms with E-state index in [1.165, 1.54) is 29.0 Å². The van der Waals surface area contributed by atoms with Gasteiger partial charge in [0.05, 0.1) is 10.9 Å². The van der Waals surface area contributed by atoms with E-state index in [4.69, 9.17) is 10.7 Å². The third-order valence-electron chi connectivity index (χ3n) is 6.31. The van der Waals surface area contributed by atoms with E-state index >= 15 is 0 Å². The summed E-state index contributed by atoms with van der Waals surface area (Å²) in [6, 6.07) is 12.2. The SMILES string of the molecule is Cc1cccc([C@@H](CN)NC(=O)c2cc3cc4c(nc3s2)CCC(C(C)(C)C)C4)c1. The molecule has 3 N–H and O–H groups in total. The molecule has 0 fully saturated rings. The molecule has 5 heteroatoms. The van der Waals surface area contributed by atoms with Gasteiger partial charge in [0.25, 0.3) is 5.91 Å². The van der Waals surface area contributed by atoms with Crippen LogP contribution in [0.5, 0.6) is 0 Å². The van der Waals surface area contributed by atoms with Crippen LogP contribution in [0.15, 0.2) is 36.4 Å². The molecule has 0 radical (unpaired) electrons. The molecule has 2 heterocycles. The summed E-state index contributed by atoms with van der Waals surface area (Å²) in [5.41, 5.74) is 11.0. The minimum atomic E-state index is -0.198. The maximum absolute atomic E-state index is 13.0. The number of nitrogens with two attached hydrogens (primary N) is 1. The zero-order chi connectivity index (χ0) is 21.5. The van der Waals surface area contributed by atoms with Crippen molar-refractivity contribution in [2.24, 2.45) is 17.1 Å². The van der Waals surface area contributed by atoms with Crippen LogP contribution in [0.3, 0.4) is 0 Å². The molecule has 1 amide bonds. The van der Waals surface area contributed by atoms with E-state index in [0.717, 1.165) is 34.2 Å². The standard InChI is InChI=1S/C25H31N3OS/c1-15-6-5-7-16(10-15)21(14-26)27-23(29)22-13-18-11-17-12-19(25(2,3)4)8-9-20(17)28-24(18)30-22/h5-7,10-11,13,19,21H,8-9,12,14,26H2,1-4H3,(H,27,29)/t19?,21-/m1/s1. The number of pyridine rings is 1. The first-order valence-corrected chi connectivity index (χ1v) is 11.6. The third kappa shape index (κ3) is 4.28. The highest BCUT2D eigenvalue weighted by Crippen LogP contribution is 2.38. The van der Waals surface area contributed by atoms with Gasteiger partial charge in [-0.1, -0.05) is 50.6 Å². The molecule has 1 aliphatic rings. The molecular formula is C25H31N3OS. The Morgan fingerprint density at radius 1 is 1.30 bits per heavy atom. The number of carbonyl (C=O) groups excluding carboxylic acids is 1. The molecular weight excluding hydrogens is 390 g/mol. The van der Waals surface area contributed by atoms with Crippen molar-refractivity contribution in [3.05, 3.63) is 63.7 Å². The number of nitrogens with zero attached hydrogens (tertiary/aromatic N) is 1. The fraction of sp³-hybridized carbons (Fsp3) is 0.440. The van der Waals surface area contributed by atoms with Crippen LogP contribution in [-0.2, 0) is 12.8 Å². The first kappa shape index (κ1) is 21.0. The summed E-state index contributed by atoms with van der Waals surface area (Å²) in [4.78, 5) is 19.5. The van der Waals surface area contributed by atoms with Gasteiger partial charge in [-0.2, -0.15) is 0 Å². The minimum Gasteiger partial charge on any atom is -0.343 e. The van der Waals surface area contributed by atoms with Crippen LogP contribution < -0.4 is 11.1 Å². The van der Waals surface area contributed by atoms with Gasteiger partial charge in [0.1, 0.15) is 4.83 Å². The molecule has 1 unspecified atom stereocenters. The molecule has 4 rings (SSSR count). The lowest BCUT2D eigenvalue weighted by Crippen LogP contribution is -2.33. The average Bonchev–Trinajstić information content (AvgIpc) is 3.12. The largest absolute Gasteiger partial charge is 0.343 e. The van der Waals surface area contributed by atoms with Crippen LogP contribution >= 0.6 is 11.3 Å². The van der Waals surface area contributed by atoms with Crippen molar-refractivity contribution in [1.82, 2.24) is 10.3 Å². The van der Waals surface area contributed by atoms with E-state index in [1.54, 1.807) is 0 Å². The van der Waals surface area contributed by atoms with Crippen molar-refractivity contribution < 1.29 is 4.79 Å². The van der Waals surface area contributed by atoms with Crippen molar-refractivity contribution in [2.75, 3.05) is 6.54 Å². The van der Waals surface area contributed by atoms with Crippen molar-refractivity contribution in [3.8, 4) is 0 Å². The summed E-state index contributed by atoms with van der Waals surface area (Å²) in [5.74, 6) is 0.589. The summed E-state index contributed by atoms with van der Waals surface area (Å²) in [5, 5.41) is 4.17. The number of rotatable bonds is 4. The number of nitrogens with one attached hydrogen (secondary N) is 1. The molecule has 2 atom stereocenters. The number of fused-ring (bicyclic) bond motifs is 2. The molecule has 0 spiro atoms. The van der Waals surface area contributed by atoms with Gasteiger partial charge in [0.15, 0.2) is 0 Å². The quantitative estimate of drug-likeness (QED) is 0.609. The molecule has 3 aromatic rings. The van der Waals surface area contributed by atoms with Crippen molar-refractivity contribution in [1.29, 1.82) is 0 Å². The normalized spacial score (nSPS) is 17.6. The Bertz CT molecular complexity index is 1080. The molecule has 1 aromatic carbocycles. The number of benzene rings is 1. The number of hydrogen-bond acceptors (Lipinski definition) is 4. The number of amides is 1. The number of aryl methyl sites for hydroxylation is 2. The average molecular weight is 422 g/mol. The number of thiophene rings is 1. The van der Waals surface area contributed by atoms with Gasteiger partial charge in [-0.25, -0.2) is 4.98 Å². The molecule has 158 valence electrons. The first-order valence-electron chi connectivity index (χ1n) is 10.7. The summed E-state index contributed by atoms with van der Waals surface area (Å²) in [6.45, 7) is 9.38. The number of aromatic nitrogens is 1. The Hall–Kier alpha value is -2.24. The summed E-state index contributed by atoms with van der Waals surface area (Å²) < 4.78 is 0. The topological polar surface area (TPSA) is 68.0 Å². The van der Waals surface area contributed by atoms with Crippen LogP contribution in [0.1, 0.15) is 65.3 Å². The van der Waals surface area contributed by atoms with E-state index in [-0.39, 0.29) is 11.9 Å². The van der Waals surface area contributed by atoms with E-state index in [1.807, 2.05) is 31.2 Å². The Kier molecular flexibility index (Phi) is 5.69. The monoisotopic (exact) mass is 421 g/mol. The zero-order valence-electron chi connectivity index (χ0n) is 18.3. The molecule has 30 heavy (non-hydrogen) atoms. The van der Waals surface area contributed by atoms with Crippen LogP contribution in [0.2, 0.25) is 0 Å². The van der Waals surface area contributed by atoms with Crippen LogP contribution in [-0.4, -0.2) is 17.4 Å². The van der Waals surface area contributed by atoms with E-state index in [2.05, 4.69) is 38.2 Å². The molecule has 1 aliphatic carbocycles. The Labute approximate surface area is 182 Å². The van der Waals surface area contributed by atoms with Crippen LogP contribution in [0.25, 0.3) is 10.2 Å². The highest BCUT2D eigenvalue weighted by Gasteiger charge is 2.29. The van der Waals surface area contributed by atoms with E-state index in [0.29, 0.717) is 22.8 Å². The molecule has 0 saturated heterocycles. The summed E-state index contributed by atoms with van der Waals surface area (Å²) >= 11 is 1.47. The van der Waals surface area contributed by atoms with Crippen molar-refractivity contribution >= 4 is 27.5 Å². The summed E-state index contributed by atoms with van der Waals surface area (Å²) in [7, 11) is 0. The summed E-state index contributed by atoms with van der Waals surface area (Å²) in [6.07, 6.45) is 3.28. The highest BCUT2D eigenvalue weighted by atomic mass is 32.1. The maximum atomic E-state index is 13.0. The maximum Gasteiger partial charge on any atom is 0.261 e. The zero-order valence-corrected chi connectivity index (χ0v) is 19.1. The molecule has 2 aromatic heterocycles. The Morgan fingerprint density at radius 3 is 2.80 bits per heavy atom. The van der Waals surface area contributed by atoms with E-state index < -0.39 is 0 Å². The lowest BCUT2D eigenvalue weighted by Gasteiger charge is -2.34. The lowest BCUT2D eigenvalue weighted by molar-refractivity contribution is 0.0942. The predicted molar refractivity (Wildman–Crippen MR) is 125 cm³/mol. The lowest BCUT2D eigenvalue weighted by atomic mass is 9.71. The second-order valence-corrected chi connectivity index (χ2v) is 10.6. The Morgan fingerprint density at radius 2 is 2.10 bits per heavy atom. The fourth-order valence-corrected chi connectivity index (χ4v) is 5.31. The van der Waals surface area contributed by atoms with Crippen molar-refractivity contribution in [3.63, 3.8) is 0 Å².